The fourth-order valence-electron chi connectivity index (χ4n) is 1.20. The van der Waals surface area contributed by atoms with Gasteiger partial charge in [-0.2, -0.15) is 0 Å². The number of aliphatic hydroxyl groups is 1. The van der Waals surface area contributed by atoms with Crippen LogP contribution in [0.15, 0.2) is 12.1 Å². The van der Waals surface area contributed by atoms with Crippen molar-refractivity contribution < 1.29 is 23.1 Å². The first-order valence-electron chi connectivity index (χ1n) is 4.99. The van der Waals surface area contributed by atoms with Crippen molar-refractivity contribution in [3.8, 4) is 0 Å². The van der Waals surface area contributed by atoms with Crippen LogP contribution in [0.3, 0.4) is 0 Å². The quantitative estimate of drug-likeness (QED) is 0.784. The van der Waals surface area contributed by atoms with Crippen molar-refractivity contribution in [2.24, 2.45) is 0 Å². The number of aliphatic hydroxyl groups excluding tert-OH is 1. The molecule has 1 aromatic carbocycles. The Labute approximate surface area is 96.3 Å². The lowest BCUT2D eigenvalue weighted by molar-refractivity contribution is -0.120. The average molecular weight is 247 g/mol. The summed E-state index contributed by atoms with van der Waals surface area (Å²) in [5, 5.41) is 11.2. The monoisotopic (exact) mass is 247 g/mol. The second kappa shape index (κ2) is 5.67. The number of amides is 1. The summed E-state index contributed by atoms with van der Waals surface area (Å²) < 4.78 is 38.6. The topological polar surface area (TPSA) is 49.3 Å². The van der Waals surface area contributed by atoms with Crippen LogP contribution in [0.25, 0.3) is 0 Å². The van der Waals surface area contributed by atoms with Gasteiger partial charge in [0.2, 0.25) is 5.91 Å². The molecule has 0 fully saturated rings. The minimum Gasteiger partial charge on any atom is -0.392 e. The number of rotatable bonds is 4. The molecule has 1 aromatic rings. The fourth-order valence-corrected chi connectivity index (χ4v) is 1.20. The standard InChI is InChI=1S/C11H12F3NO2/c1-6(16)5-15-9(17)4-7-2-3-8(12)11(14)10(7)13/h2-3,6,16H,4-5H2,1H3,(H,15,17). The lowest BCUT2D eigenvalue weighted by atomic mass is 10.1. The van der Waals surface area contributed by atoms with Crippen LogP contribution in [0.1, 0.15) is 12.5 Å². The third-order valence-corrected chi connectivity index (χ3v) is 2.06. The number of hydrogen-bond acceptors (Lipinski definition) is 2. The van der Waals surface area contributed by atoms with Gasteiger partial charge in [0.15, 0.2) is 17.5 Å². The van der Waals surface area contributed by atoms with Crippen molar-refractivity contribution in [2.75, 3.05) is 6.54 Å². The Morgan fingerprint density at radius 1 is 1.35 bits per heavy atom. The summed E-state index contributed by atoms with van der Waals surface area (Å²) in [6.45, 7) is 1.49. The predicted molar refractivity (Wildman–Crippen MR) is 54.7 cm³/mol. The lowest BCUT2D eigenvalue weighted by Gasteiger charge is -2.08. The third kappa shape index (κ3) is 3.74. The Morgan fingerprint density at radius 2 is 2.00 bits per heavy atom. The largest absolute Gasteiger partial charge is 0.392 e. The molecule has 17 heavy (non-hydrogen) atoms. The number of carbonyl (C=O) groups excluding carboxylic acids is 1. The zero-order valence-electron chi connectivity index (χ0n) is 9.14. The molecule has 6 heteroatoms. The van der Waals surface area contributed by atoms with E-state index >= 15 is 0 Å². The van der Waals surface area contributed by atoms with E-state index in [0.717, 1.165) is 12.1 Å². The number of hydrogen-bond donors (Lipinski definition) is 2. The Kier molecular flexibility index (Phi) is 4.51. The van der Waals surface area contributed by atoms with E-state index in [2.05, 4.69) is 5.32 Å². The van der Waals surface area contributed by atoms with Gasteiger partial charge in [-0.05, 0) is 13.0 Å². The van der Waals surface area contributed by atoms with Gasteiger partial charge in [-0.15, -0.1) is 0 Å². The molecule has 0 radical (unpaired) electrons. The number of carbonyl (C=O) groups is 1. The van der Waals surface area contributed by atoms with E-state index in [4.69, 9.17) is 5.11 Å². The van der Waals surface area contributed by atoms with E-state index in [1.807, 2.05) is 0 Å². The minimum atomic E-state index is -1.59. The van der Waals surface area contributed by atoms with E-state index < -0.39 is 35.9 Å². The maximum Gasteiger partial charge on any atom is 0.224 e. The first-order valence-corrected chi connectivity index (χ1v) is 4.99. The van der Waals surface area contributed by atoms with Crippen molar-refractivity contribution in [3.63, 3.8) is 0 Å². The lowest BCUT2D eigenvalue weighted by Crippen LogP contribution is -2.31. The number of benzene rings is 1. The SMILES string of the molecule is CC(O)CNC(=O)Cc1ccc(F)c(F)c1F. The Hall–Kier alpha value is -1.56. The van der Waals surface area contributed by atoms with E-state index in [9.17, 15) is 18.0 Å². The van der Waals surface area contributed by atoms with Gasteiger partial charge >= 0.3 is 0 Å². The van der Waals surface area contributed by atoms with Crippen LogP contribution in [0.2, 0.25) is 0 Å². The third-order valence-electron chi connectivity index (χ3n) is 2.06. The van der Waals surface area contributed by atoms with E-state index in [1.54, 1.807) is 0 Å². The molecule has 0 aliphatic carbocycles. The van der Waals surface area contributed by atoms with Gasteiger partial charge in [0.05, 0.1) is 12.5 Å². The molecule has 1 unspecified atom stereocenters. The second-order valence-electron chi connectivity index (χ2n) is 3.66. The van der Waals surface area contributed by atoms with Gasteiger partial charge in [0, 0.05) is 12.1 Å². The van der Waals surface area contributed by atoms with E-state index in [0.29, 0.717) is 0 Å². The van der Waals surface area contributed by atoms with Crippen molar-refractivity contribution >= 4 is 5.91 Å². The van der Waals surface area contributed by atoms with Gasteiger partial charge in [-0.3, -0.25) is 4.79 Å². The zero-order valence-corrected chi connectivity index (χ0v) is 9.14. The van der Waals surface area contributed by atoms with Crippen LogP contribution >= 0.6 is 0 Å². The normalized spacial score (nSPS) is 12.3. The highest BCUT2D eigenvalue weighted by Crippen LogP contribution is 2.15. The van der Waals surface area contributed by atoms with Crippen molar-refractivity contribution in [1.82, 2.24) is 5.32 Å². The van der Waals surface area contributed by atoms with Gasteiger partial charge in [0.1, 0.15) is 0 Å². The molecule has 1 amide bonds. The van der Waals surface area contributed by atoms with Crippen molar-refractivity contribution in [1.29, 1.82) is 0 Å². The molecule has 0 heterocycles. The van der Waals surface area contributed by atoms with Crippen LogP contribution in [-0.4, -0.2) is 23.7 Å². The molecule has 0 saturated carbocycles. The smallest absolute Gasteiger partial charge is 0.224 e. The highest BCUT2D eigenvalue weighted by Gasteiger charge is 2.15. The van der Waals surface area contributed by atoms with Crippen LogP contribution in [0, 0.1) is 17.5 Å². The summed E-state index contributed by atoms with van der Waals surface area (Å²) in [6, 6.07) is 1.77. The van der Waals surface area contributed by atoms with Crippen LogP contribution in [-0.2, 0) is 11.2 Å². The number of halogens is 3. The second-order valence-corrected chi connectivity index (χ2v) is 3.66. The average Bonchev–Trinajstić information content (AvgIpc) is 2.27. The van der Waals surface area contributed by atoms with Crippen molar-refractivity contribution in [3.05, 3.63) is 35.1 Å². The maximum atomic E-state index is 13.2. The molecule has 0 bridgehead atoms. The maximum absolute atomic E-state index is 13.2. The zero-order chi connectivity index (χ0) is 13.0. The van der Waals surface area contributed by atoms with E-state index in [-0.39, 0.29) is 12.1 Å². The van der Waals surface area contributed by atoms with E-state index in [1.165, 1.54) is 6.92 Å². The first-order chi connectivity index (χ1) is 7.91. The molecule has 1 atom stereocenters. The summed E-state index contributed by atoms with van der Waals surface area (Å²) >= 11 is 0. The highest BCUT2D eigenvalue weighted by atomic mass is 19.2. The summed E-state index contributed by atoms with van der Waals surface area (Å²) in [7, 11) is 0. The molecule has 2 N–H and O–H groups in total. The Bertz CT molecular complexity index is 421. The molecule has 94 valence electrons. The first kappa shape index (κ1) is 13.5. The molecule has 0 spiro atoms. The van der Waals surface area contributed by atoms with Crippen LogP contribution in [0.4, 0.5) is 13.2 Å². The Morgan fingerprint density at radius 3 is 2.59 bits per heavy atom. The fraction of sp³-hybridized carbons (Fsp3) is 0.364. The highest BCUT2D eigenvalue weighted by molar-refractivity contribution is 5.78. The summed E-state index contributed by atoms with van der Waals surface area (Å²) in [4.78, 5) is 11.3. The van der Waals surface area contributed by atoms with Gasteiger partial charge in [-0.25, -0.2) is 13.2 Å². The summed E-state index contributed by atoms with van der Waals surface area (Å²) in [6.07, 6.45) is -1.13. The molecule has 0 saturated heterocycles. The van der Waals surface area contributed by atoms with Crippen LogP contribution < -0.4 is 5.32 Å². The van der Waals surface area contributed by atoms with Gasteiger partial charge in [-0.1, -0.05) is 6.07 Å². The molecular weight excluding hydrogens is 235 g/mol. The molecule has 1 rings (SSSR count). The minimum absolute atomic E-state index is 0.0180. The summed E-state index contributed by atoms with van der Waals surface area (Å²) in [5.41, 5.74) is -0.230. The van der Waals surface area contributed by atoms with Gasteiger partial charge < -0.3 is 10.4 Å². The Balaban J connectivity index is 2.69. The molecule has 0 aromatic heterocycles. The molecular formula is C11H12F3NO2. The number of nitrogens with one attached hydrogen (secondary N) is 1. The molecule has 0 aliphatic rings. The summed E-state index contributed by atoms with van der Waals surface area (Å²) in [5.74, 6) is -4.82. The van der Waals surface area contributed by atoms with Gasteiger partial charge in [0.25, 0.3) is 0 Å². The molecule has 0 aliphatic heterocycles. The molecule has 3 nitrogen and oxygen atoms in total. The van der Waals surface area contributed by atoms with Crippen LogP contribution in [0.5, 0.6) is 0 Å². The van der Waals surface area contributed by atoms with Crippen molar-refractivity contribution in [2.45, 2.75) is 19.4 Å². The predicted octanol–water partition coefficient (Wildman–Crippen LogP) is 1.14.